The SMILES string of the molecule is C=C(CC[C@@]12O[C@H](C(=O)NN)[C@@](O)(C(=O)OCc3ccc([N+](=O)[O-])cc3)[C@@](C(=O)OCc3ccc([N+](=O)[O-])cc3)(O1)[C@H](OC(=O)/C=C/[C@@H](C)C[C@@H](C)CC)[C@H]2O)[C@@H](OC(C)=O)[C@H](C)Cc1ccccc1. The molecule has 1 amide bonds. The molecular formula is C49H58N4O17. The fraction of sp³-hybridized carbons (Fsp3) is 0.449. The number of esters is 4. The third-order valence-electron chi connectivity index (χ3n) is 12.4. The molecule has 0 unspecified atom stereocenters. The van der Waals surface area contributed by atoms with Gasteiger partial charge in [-0.1, -0.05) is 77.1 Å². The highest BCUT2D eigenvalue weighted by molar-refractivity contribution is 6.00. The fourth-order valence-corrected chi connectivity index (χ4v) is 8.59. The number of nitrogens with zero attached hydrogens (tertiary/aromatic N) is 2. The Morgan fingerprint density at radius 2 is 1.44 bits per heavy atom. The van der Waals surface area contributed by atoms with Crippen LogP contribution in [0.4, 0.5) is 11.4 Å². The number of aliphatic hydroxyl groups is 2. The standard InChI is InChI=1S/C49H58N4O17/c1-7-29(2)25-30(3)13-22-39(55)68-42-41(56)47(24-23-31(4)40(67-33(6)54)32(5)26-34-11-9-8-10-12-34)69-43(44(57)51-50)48(60,45(58)65-27-35-14-18-37(19-15-35)52(61)62)49(42,70-47)46(59)66-28-36-16-20-38(21-17-36)53(63)64/h8-22,29-30,32,40-43,56,60H,4,7,23-28,50H2,1-3,5-6H3,(H,51,57)/b22-13+/t29-,30+,32+,40+,41+,42+,43+,47+,48+,49+/m0/s1. The first-order chi connectivity index (χ1) is 33.1. The van der Waals surface area contributed by atoms with Crippen LogP contribution in [-0.2, 0) is 72.0 Å². The van der Waals surface area contributed by atoms with E-state index in [1.54, 1.807) is 5.43 Å². The van der Waals surface area contributed by atoms with Gasteiger partial charge in [0.15, 0.2) is 12.2 Å². The number of fused-ring (bicyclic) bond motifs is 2. The van der Waals surface area contributed by atoms with Crippen LogP contribution in [0.1, 0.15) is 77.0 Å². The number of benzene rings is 3. The maximum atomic E-state index is 15.1. The van der Waals surface area contributed by atoms with Crippen LogP contribution in [-0.4, -0.2) is 91.2 Å². The second-order valence-electron chi connectivity index (χ2n) is 17.7. The summed E-state index contributed by atoms with van der Waals surface area (Å²) < 4.78 is 35.3. The van der Waals surface area contributed by atoms with Gasteiger partial charge in [-0.05, 0) is 77.6 Å². The number of hydrogen-bond donors (Lipinski definition) is 4. The molecule has 2 saturated heterocycles. The lowest BCUT2D eigenvalue weighted by Crippen LogP contribution is -2.79. The molecule has 0 aromatic heterocycles. The van der Waals surface area contributed by atoms with Crippen molar-refractivity contribution in [3.8, 4) is 0 Å². The third kappa shape index (κ3) is 11.9. The van der Waals surface area contributed by atoms with Crippen LogP contribution in [0.3, 0.4) is 0 Å². The maximum absolute atomic E-state index is 15.1. The Morgan fingerprint density at radius 1 is 0.886 bits per heavy atom. The number of aliphatic hydroxyl groups excluding tert-OH is 1. The van der Waals surface area contributed by atoms with Crippen molar-refractivity contribution in [1.29, 1.82) is 0 Å². The van der Waals surface area contributed by atoms with Gasteiger partial charge in [-0.3, -0.25) is 35.2 Å². The highest BCUT2D eigenvalue weighted by Gasteiger charge is 2.86. The summed E-state index contributed by atoms with van der Waals surface area (Å²) in [4.78, 5) is 91.5. The van der Waals surface area contributed by atoms with Crippen molar-refractivity contribution in [1.82, 2.24) is 5.43 Å². The molecule has 2 bridgehead atoms. The first kappa shape index (κ1) is 54.0. The predicted octanol–water partition coefficient (Wildman–Crippen LogP) is 4.92. The van der Waals surface area contributed by atoms with Gasteiger partial charge in [0, 0.05) is 49.6 Å². The van der Waals surface area contributed by atoms with E-state index in [2.05, 4.69) is 6.58 Å². The van der Waals surface area contributed by atoms with Gasteiger partial charge < -0.3 is 38.6 Å². The van der Waals surface area contributed by atoms with Crippen molar-refractivity contribution >= 4 is 41.2 Å². The maximum Gasteiger partial charge on any atom is 0.346 e. The zero-order valence-corrected chi connectivity index (χ0v) is 39.3. The van der Waals surface area contributed by atoms with Gasteiger partial charge in [0.1, 0.15) is 25.4 Å². The van der Waals surface area contributed by atoms with Gasteiger partial charge in [0.25, 0.3) is 22.9 Å². The van der Waals surface area contributed by atoms with Crippen molar-refractivity contribution in [2.24, 2.45) is 23.6 Å². The number of nitro groups is 2. The van der Waals surface area contributed by atoms with E-state index in [0.29, 0.717) is 12.8 Å². The molecule has 0 radical (unpaired) electrons. The van der Waals surface area contributed by atoms with Crippen LogP contribution < -0.4 is 11.3 Å². The number of hydrazine groups is 1. The zero-order chi connectivity index (χ0) is 51.6. The molecule has 2 fully saturated rings. The lowest BCUT2D eigenvalue weighted by Gasteiger charge is -2.50. The van der Waals surface area contributed by atoms with Crippen molar-refractivity contribution in [3.05, 3.63) is 140 Å². The van der Waals surface area contributed by atoms with Gasteiger partial charge in [-0.25, -0.2) is 20.2 Å². The Hall–Kier alpha value is -6.91. The number of carbonyl (C=O) groups is 5. The van der Waals surface area contributed by atoms with E-state index in [1.807, 2.05) is 58.0 Å². The van der Waals surface area contributed by atoms with E-state index in [-0.39, 0.29) is 46.3 Å². The van der Waals surface area contributed by atoms with E-state index < -0.39 is 107 Å². The molecule has 2 heterocycles. The van der Waals surface area contributed by atoms with Gasteiger partial charge in [0.2, 0.25) is 11.4 Å². The summed E-state index contributed by atoms with van der Waals surface area (Å²) >= 11 is 0. The quantitative estimate of drug-likeness (QED) is 0.0143. The van der Waals surface area contributed by atoms with Crippen molar-refractivity contribution < 1.29 is 72.5 Å². The van der Waals surface area contributed by atoms with Crippen LogP contribution in [0.25, 0.3) is 0 Å². The van der Waals surface area contributed by atoms with E-state index in [9.17, 15) is 49.6 Å². The number of rotatable bonds is 23. The lowest BCUT2D eigenvalue weighted by molar-refractivity contribution is -0.385. The Kier molecular flexibility index (Phi) is 17.9. The zero-order valence-electron chi connectivity index (χ0n) is 39.3. The summed E-state index contributed by atoms with van der Waals surface area (Å²) in [6, 6.07) is 18.6. The highest BCUT2D eigenvalue weighted by Crippen LogP contribution is 2.56. The molecule has 0 spiro atoms. The topological polar surface area (TPSA) is 306 Å². The lowest BCUT2D eigenvalue weighted by atomic mass is 9.74. The molecule has 21 nitrogen and oxygen atoms in total. The number of carbonyl (C=O) groups excluding carboxylic acids is 5. The van der Waals surface area contributed by atoms with E-state index in [0.717, 1.165) is 42.3 Å². The summed E-state index contributed by atoms with van der Waals surface area (Å²) in [5.41, 5.74) is -4.68. The smallest absolute Gasteiger partial charge is 0.346 e. The summed E-state index contributed by atoms with van der Waals surface area (Å²) in [6.07, 6.45) is -4.85. The van der Waals surface area contributed by atoms with Crippen LogP contribution in [0.5, 0.6) is 0 Å². The number of hydrogen-bond acceptors (Lipinski definition) is 18. The Bertz CT molecular complexity index is 2430. The molecule has 2 aliphatic heterocycles. The number of nitrogens with one attached hydrogen (secondary N) is 1. The van der Waals surface area contributed by atoms with Crippen molar-refractivity contribution in [2.75, 3.05) is 0 Å². The van der Waals surface area contributed by atoms with E-state index in [4.69, 9.17) is 34.3 Å². The van der Waals surface area contributed by atoms with Gasteiger partial charge >= 0.3 is 23.9 Å². The number of nitrogens with two attached hydrogens (primary N) is 1. The molecule has 0 saturated carbocycles. The number of non-ortho nitro benzene ring substituents is 2. The van der Waals surface area contributed by atoms with Crippen LogP contribution >= 0.6 is 0 Å². The molecule has 10 atom stereocenters. The molecule has 70 heavy (non-hydrogen) atoms. The minimum Gasteiger partial charge on any atom is -0.458 e. The van der Waals surface area contributed by atoms with Gasteiger partial charge in [-0.15, -0.1) is 0 Å². The second-order valence-corrected chi connectivity index (χ2v) is 17.7. The number of ether oxygens (including phenoxy) is 6. The van der Waals surface area contributed by atoms with E-state index >= 15 is 4.79 Å². The van der Waals surface area contributed by atoms with Gasteiger partial charge in [0.05, 0.1) is 9.85 Å². The van der Waals surface area contributed by atoms with Gasteiger partial charge in [-0.2, -0.15) is 0 Å². The van der Waals surface area contributed by atoms with E-state index in [1.165, 1.54) is 37.3 Å². The molecule has 2 aliphatic rings. The summed E-state index contributed by atoms with van der Waals surface area (Å²) in [7, 11) is 0. The monoisotopic (exact) mass is 974 g/mol. The first-order valence-corrected chi connectivity index (χ1v) is 22.5. The minimum atomic E-state index is -3.77. The molecule has 0 aliphatic carbocycles. The second kappa shape index (κ2) is 23.1. The van der Waals surface area contributed by atoms with Crippen LogP contribution in [0.2, 0.25) is 0 Å². The highest BCUT2D eigenvalue weighted by atomic mass is 16.8. The number of amides is 1. The molecule has 376 valence electrons. The average molecular weight is 975 g/mol. The minimum absolute atomic E-state index is 0.123. The fourth-order valence-electron chi connectivity index (χ4n) is 8.59. The molecular weight excluding hydrogens is 917 g/mol. The average Bonchev–Trinajstić information content (AvgIpc) is 3.55. The van der Waals surface area contributed by atoms with Crippen molar-refractivity contribution in [3.63, 3.8) is 0 Å². The predicted molar refractivity (Wildman–Crippen MR) is 246 cm³/mol. The first-order valence-electron chi connectivity index (χ1n) is 22.5. The largest absolute Gasteiger partial charge is 0.458 e. The summed E-state index contributed by atoms with van der Waals surface area (Å²) in [5.74, 6) is -4.26. The number of nitro benzene ring substituents is 2. The summed E-state index contributed by atoms with van der Waals surface area (Å²) in [5, 5.41) is 48.2. The van der Waals surface area contributed by atoms with Crippen molar-refractivity contribution in [2.45, 2.75) is 121 Å². The Labute approximate surface area is 403 Å². The van der Waals surface area contributed by atoms with Crippen LogP contribution in [0, 0.1) is 38.0 Å². The van der Waals surface area contributed by atoms with Crippen LogP contribution in [0.15, 0.2) is 103 Å². The molecule has 3 aromatic carbocycles. The molecule has 5 N–H and O–H groups in total. The Balaban J connectivity index is 1.65. The normalized spacial score (nSPS) is 24.3. The number of allylic oxidation sites excluding steroid dienone is 1. The Morgan fingerprint density at radius 3 is 1.96 bits per heavy atom. The molecule has 5 rings (SSSR count). The molecule has 21 heteroatoms. The summed E-state index contributed by atoms with van der Waals surface area (Å²) in [6.45, 7) is 11.5. The molecule has 3 aromatic rings. The third-order valence-corrected chi connectivity index (χ3v) is 12.4.